The van der Waals surface area contributed by atoms with E-state index in [1.807, 2.05) is 36.9 Å². The van der Waals surface area contributed by atoms with Crippen molar-refractivity contribution in [3.63, 3.8) is 0 Å². The van der Waals surface area contributed by atoms with Crippen molar-refractivity contribution >= 4 is 17.3 Å². The molecular weight excluding hydrogens is 376 g/mol. The first-order valence-electron chi connectivity index (χ1n) is 9.43. The monoisotopic (exact) mass is 400 g/mol. The first-order chi connectivity index (χ1) is 13.9. The predicted molar refractivity (Wildman–Crippen MR) is 108 cm³/mol. The lowest BCUT2D eigenvalue weighted by atomic mass is 10.1. The van der Waals surface area contributed by atoms with Gasteiger partial charge in [-0.2, -0.15) is 0 Å². The van der Waals surface area contributed by atoms with E-state index in [0.717, 1.165) is 16.8 Å². The number of nitro groups is 1. The Morgan fingerprint density at radius 1 is 1.10 bits per heavy atom. The Morgan fingerprint density at radius 2 is 1.79 bits per heavy atom. The quantitative estimate of drug-likeness (QED) is 0.305. The molecule has 0 atom stereocenters. The summed E-state index contributed by atoms with van der Waals surface area (Å²) in [4.78, 5) is 25.3. The number of carbonyl (C=O) groups is 1. The largest absolute Gasteiger partial charge is 0.490 e. The van der Waals surface area contributed by atoms with Gasteiger partial charge < -0.3 is 19.1 Å². The maximum Gasteiger partial charge on any atom is 0.345 e. The Hall–Kier alpha value is -3.13. The summed E-state index contributed by atoms with van der Waals surface area (Å²) in [5.41, 5.74) is 2.55. The van der Waals surface area contributed by atoms with Crippen LogP contribution in [0.3, 0.4) is 0 Å². The summed E-state index contributed by atoms with van der Waals surface area (Å²) in [5.74, 6) is -0.0466. The molecular formula is C21H24N2O6. The minimum atomic E-state index is -0.740. The Kier molecular flexibility index (Phi) is 6.66. The van der Waals surface area contributed by atoms with Gasteiger partial charge in [-0.05, 0) is 49.2 Å². The fourth-order valence-corrected chi connectivity index (χ4v) is 3.25. The van der Waals surface area contributed by atoms with E-state index in [9.17, 15) is 14.9 Å². The van der Waals surface area contributed by atoms with Crippen LogP contribution in [-0.4, -0.2) is 50.4 Å². The molecule has 1 aliphatic rings. The number of carbonyl (C=O) groups excluding carboxylic acids is 1. The fraction of sp³-hybridized carbons (Fsp3) is 0.381. The van der Waals surface area contributed by atoms with Gasteiger partial charge in [0.2, 0.25) is 0 Å². The second-order valence-corrected chi connectivity index (χ2v) is 6.87. The van der Waals surface area contributed by atoms with Crippen LogP contribution in [0.4, 0.5) is 11.4 Å². The van der Waals surface area contributed by atoms with Crippen molar-refractivity contribution in [2.45, 2.75) is 13.8 Å². The summed E-state index contributed by atoms with van der Waals surface area (Å²) < 4.78 is 16.2. The summed E-state index contributed by atoms with van der Waals surface area (Å²) in [5, 5.41) is 11.3. The van der Waals surface area contributed by atoms with Crippen LogP contribution in [0.1, 0.15) is 21.5 Å². The SMILES string of the molecule is Cc1cc(C)cc(OCCOC(=O)c2cc(N3CCOCC3)ccc2[N+](=O)[O-])c1. The molecule has 0 saturated carbocycles. The fourth-order valence-electron chi connectivity index (χ4n) is 3.25. The minimum Gasteiger partial charge on any atom is -0.490 e. The van der Waals surface area contributed by atoms with E-state index >= 15 is 0 Å². The maximum atomic E-state index is 12.5. The molecule has 0 spiro atoms. The van der Waals surface area contributed by atoms with Crippen LogP contribution in [-0.2, 0) is 9.47 Å². The zero-order valence-corrected chi connectivity index (χ0v) is 16.6. The van der Waals surface area contributed by atoms with Crippen molar-refractivity contribution in [3.8, 4) is 5.75 Å². The third-order valence-corrected chi connectivity index (χ3v) is 4.55. The molecule has 8 nitrogen and oxygen atoms in total. The number of hydrogen-bond donors (Lipinski definition) is 0. The summed E-state index contributed by atoms with van der Waals surface area (Å²) in [7, 11) is 0. The molecule has 0 aromatic heterocycles. The molecule has 1 aliphatic heterocycles. The van der Waals surface area contributed by atoms with Crippen molar-refractivity contribution in [2.24, 2.45) is 0 Å². The number of hydrogen-bond acceptors (Lipinski definition) is 7. The molecule has 0 amide bonds. The van der Waals surface area contributed by atoms with E-state index in [2.05, 4.69) is 0 Å². The first-order valence-corrected chi connectivity index (χ1v) is 9.43. The lowest BCUT2D eigenvalue weighted by Gasteiger charge is -2.29. The molecule has 8 heteroatoms. The number of ether oxygens (including phenoxy) is 3. The second kappa shape index (κ2) is 9.38. The lowest BCUT2D eigenvalue weighted by Crippen LogP contribution is -2.36. The highest BCUT2D eigenvalue weighted by molar-refractivity contribution is 5.95. The summed E-state index contributed by atoms with van der Waals surface area (Å²) in [6.45, 7) is 6.57. The van der Waals surface area contributed by atoms with Gasteiger partial charge in [0.05, 0.1) is 18.1 Å². The molecule has 154 valence electrons. The maximum absolute atomic E-state index is 12.5. The van der Waals surface area contributed by atoms with Crippen LogP contribution in [0, 0.1) is 24.0 Å². The number of benzene rings is 2. The normalized spacial score (nSPS) is 13.8. The van der Waals surface area contributed by atoms with E-state index in [1.165, 1.54) is 12.1 Å². The highest BCUT2D eigenvalue weighted by Crippen LogP contribution is 2.26. The number of rotatable bonds is 7. The Bertz CT molecular complexity index is 872. The van der Waals surface area contributed by atoms with Crippen molar-refractivity contribution in [2.75, 3.05) is 44.4 Å². The summed E-state index contributed by atoms with van der Waals surface area (Å²) >= 11 is 0. The van der Waals surface area contributed by atoms with Gasteiger partial charge in [-0.3, -0.25) is 10.1 Å². The van der Waals surface area contributed by atoms with Crippen molar-refractivity contribution in [1.29, 1.82) is 0 Å². The zero-order valence-electron chi connectivity index (χ0n) is 16.6. The van der Waals surface area contributed by atoms with Crippen LogP contribution < -0.4 is 9.64 Å². The number of morpholine rings is 1. The Morgan fingerprint density at radius 3 is 2.45 bits per heavy atom. The average molecular weight is 400 g/mol. The average Bonchev–Trinajstić information content (AvgIpc) is 2.70. The first kappa shape index (κ1) is 20.6. The van der Waals surface area contributed by atoms with E-state index in [-0.39, 0.29) is 24.5 Å². The summed E-state index contributed by atoms with van der Waals surface area (Å²) in [6, 6.07) is 10.3. The molecule has 1 heterocycles. The van der Waals surface area contributed by atoms with Gasteiger partial charge >= 0.3 is 5.97 Å². The molecule has 2 aromatic carbocycles. The zero-order chi connectivity index (χ0) is 20.8. The Balaban J connectivity index is 1.64. The van der Waals surface area contributed by atoms with Gasteiger partial charge in [0, 0.05) is 24.8 Å². The third kappa shape index (κ3) is 5.45. The molecule has 1 fully saturated rings. The van der Waals surface area contributed by atoms with E-state index in [4.69, 9.17) is 14.2 Å². The van der Waals surface area contributed by atoms with Gasteiger partial charge in [-0.25, -0.2) is 4.79 Å². The van der Waals surface area contributed by atoms with E-state index in [0.29, 0.717) is 32.1 Å². The predicted octanol–water partition coefficient (Wildman–Crippen LogP) is 3.28. The molecule has 0 N–H and O–H groups in total. The van der Waals surface area contributed by atoms with Crippen LogP contribution in [0.5, 0.6) is 5.75 Å². The van der Waals surface area contributed by atoms with Gasteiger partial charge in [-0.15, -0.1) is 0 Å². The molecule has 1 saturated heterocycles. The molecule has 0 bridgehead atoms. The van der Waals surface area contributed by atoms with Gasteiger partial charge in [0.15, 0.2) is 0 Å². The lowest BCUT2D eigenvalue weighted by molar-refractivity contribution is -0.385. The van der Waals surface area contributed by atoms with Gasteiger partial charge in [0.25, 0.3) is 5.69 Å². The van der Waals surface area contributed by atoms with E-state index in [1.54, 1.807) is 6.07 Å². The third-order valence-electron chi connectivity index (χ3n) is 4.55. The molecule has 0 radical (unpaired) electrons. The second-order valence-electron chi connectivity index (χ2n) is 6.87. The van der Waals surface area contributed by atoms with Gasteiger partial charge in [-0.1, -0.05) is 6.07 Å². The van der Waals surface area contributed by atoms with Crippen molar-refractivity contribution < 1.29 is 23.9 Å². The highest BCUT2D eigenvalue weighted by atomic mass is 16.6. The van der Waals surface area contributed by atoms with Crippen LogP contribution >= 0.6 is 0 Å². The number of aryl methyl sites for hydroxylation is 2. The molecule has 29 heavy (non-hydrogen) atoms. The minimum absolute atomic E-state index is 0.00917. The summed E-state index contributed by atoms with van der Waals surface area (Å²) in [6.07, 6.45) is 0. The van der Waals surface area contributed by atoms with Crippen LogP contribution in [0.15, 0.2) is 36.4 Å². The number of anilines is 1. The number of esters is 1. The molecule has 0 unspecified atom stereocenters. The number of nitrogens with zero attached hydrogens (tertiary/aromatic N) is 2. The smallest absolute Gasteiger partial charge is 0.345 e. The van der Waals surface area contributed by atoms with Gasteiger partial charge in [0.1, 0.15) is 24.5 Å². The van der Waals surface area contributed by atoms with E-state index < -0.39 is 10.9 Å². The van der Waals surface area contributed by atoms with Crippen molar-refractivity contribution in [3.05, 3.63) is 63.2 Å². The molecule has 0 aliphatic carbocycles. The topological polar surface area (TPSA) is 91.1 Å². The molecule has 3 rings (SSSR count). The molecule has 2 aromatic rings. The van der Waals surface area contributed by atoms with Crippen LogP contribution in [0.25, 0.3) is 0 Å². The standard InChI is InChI=1S/C21H24N2O6/c1-15-11-16(2)13-18(12-15)28-9-10-29-21(24)19-14-17(3-4-20(19)23(25)26)22-5-7-27-8-6-22/h3-4,11-14H,5-10H2,1-2H3. The number of nitro benzene ring substituents is 1. The van der Waals surface area contributed by atoms with Crippen molar-refractivity contribution in [1.82, 2.24) is 0 Å². The highest BCUT2D eigenvalue weighted by Gasteiger charge is 2.24. The van der Waals surface area contributed by atoms with Crippen LogP contribution in [0.2, 0.25) is 0 Å². The Labute approximate surface area is 169 Å².